The van der Waals surface area contributed by atoms with Crippen molar-refractivity contribution in [1.29, 1.82) is 0 Å². The fraction of sp³-hybridized carbons (Fsp3) is 0.406. The number of piperazine rings is 1. The second-order valence-corrected chi connectivity index (χ2v) is 11.6. The second-order valence-electron chi connectivity index (χ2n) is 11.6. The van der Waals surface area contributed by atoms with Crippen LogP contribution in [0.15, 0.2) is 59.7 Å². The summed E-state index contributed by atoms with van der Waals surface area (Å²) in [5.41, 5.74) is 8.20. The largest absolute Gasteiger partial charge is 0.454 e. The average molecular weight is 638 g/mol. The number of carbonyl (C=O) groups excluding carboxylic acids is 2. The van der Waals surface area contributed by atoms with Gasteiger partial charge in [0.25, 0.3) is 11.5 Å². The van der Waals surface area contributed by atoms with Gasteiger partial charge in [-0.2, -0.15) is 8.78 Å². The third-order valence-corrected chi connectivity index (χ3v) is 8.20. The Morgan fingerprint density at radius 3 is 2.46 bits per heavy atom. The number of nitrogens with two attached hydrogens (primary N) is 1. The molecule has 1 fully saturated rings. The smallest absolute Gasteiger partial charge is 0.387 e. The van der Waals surface area contributed by atoms with Gasteiger partial charge in [0.1, 0.15) is 11.8 Å². The van der Waals surface area contributed by atoms with Gasteiger partial charge in [-0.15, -0.1) is 0 Å². The minimum absolute atomic E-state index is 0.0428. The van der Waals surface area contributed by atoms with Gasteiger partial charge < -0.3 is 25.0 Å². The molecule has 244 valence electrons. The van der Waals surface area contributed by atoms with Crippen molar-refractivity contribution >= 4 is 28.7 Å². The summed E-state index contributed by atoms with van der Waals surface area (Å²) in [5, 5.41) is 0.481. The van der Waals surface area contributed by atoms with Crippen molar-refractivity contribution in [3.63, 3.8) is 0 Å². The number of carbonyl (C=O) groups is 2. The number of alkyl halides is 2. The van der Waals surface area contributed by atoms with Crippen molar-refractivity contribution in [3.8, 4) is 16.9 Å². The van der Waals surface area contributed by atoms with Crippen LogP contribution < -0.4 is 20.9 Å². The number of benzene rings is 2. The van der Waals surface area contributed by atoms with Crippen molar-refractivity contribution < 1.29 is 27.8 Å². The molecule has 46 heavy (non-hydrogen) atoms. The molecule has 0 bridgehead atoms. The van der Waals surface area contributed by atoms with Gasteiger partial charge in [-0.25, -0.2) is 9.97 Å². The number of para-hydroxylation sites is 1. The normalized spacial score (nSPS) is 15.9. The third kappa shape index (κ3) is 6.86. The molecule has 2 aromatic carbocycles. The van der Waals surface area contributed by atoms with E-state index in [1.807, 2.05) is 37.8 Å². The molecule has 1 amide bonds. The summed E-state index contributed by atoms with van der Waals surface area (Å²) in [6, 6.07) is 10.9. The van der Waals surface area contributed by atoms with E-state index in [4.69, 9.17) is 15.2 Å². The number of rotatable bonds is 10. The lowest BCUT2D eigenvalue weighted by Crippen LogP contribution is -2.55. The fourth-order valence-corrected chi connectivity index (χ4v) is 5.48. The summed E-state index contributed by atoms with van der Waals surface area (Å²) in [5.74, 6) is -0.424. The fourth-order valence-electron chi connectivity index (χ4n) is 5.48. The lowest BCUT2D eigenvalue weighted by Gasteiger charge is -2.39. The first-order chi connectivity index (χ1) is 21.9. The van der Waals surface area contributed by atoms with Crippen molar-refractivity contribution in [2.75, 3.05) is 31.1 Å². The van der Waals surface area contributed by atoms with E-state index in [0.29, 0.717) is 42.0 Å². The molecule has 3 heterocycles. The van der Waals surface area contributed by atoms with Gasteiger partial charge in [0, 0.05) is 56.2 Å². The van der Waals surface area contributed by atoms with Gasteiger partial charge in [-0.3, -0.25) is 23.7 Å². The van der Waals surface area contributed by atoms with Crippen LogP contribution in [0.3, 0.4) is 0 Å². The molecule has 0 spiro atoms. The Labute approximate surface area is 264 Å². The molecular weight excluding hydrogens is 600 g/mol. The number of hydrogen-bond acceptors (Lipinski definition) is 9. The highest BCUT2D eigenvalue weighted by Crippen LogP contribution is 2.27. The number of amides is 1. The predicted octanol–water partition coefficient (Wildman–Crippen LogP) is 3.01. The average Bonchev–Trinajstić information content (AvgIpc) is 3.27. The van der Waals surface area contributed by atoms with Crippen LogP contribution in [-0.2, 0) is 27.9 Å². The van der Waals surface area contributed by atoms with Crippen molar-refractivity contribution in [3.05, 3.63) is 70.8 Å². The topological polar surface area (TPSA) is 138 Å². The first-order valence-electron chi connectivity index (χ1n) is 15.0. The van der Waals surface area contributed by atoms with Crippen LogP contribution in [0, 0.1) is 5.92 Å². The molecule has 2 aromatic heterocycles. The van der Waals surface area contributed by atoms with Crippen LogP contribution in [0.1, 0.15) is 26.3 Å². The molecule has 5 rings (SSSR count). The summed E-state index contributed by atoms with van der Waals surface area (Å²) < 4.78 is 39.0. The Morgan fingerprint density at radius 1 is 1.07 bits per heavy atom. The van der Waals surface area contributed by atoms with Gasteiger partial charge in [-0.05, 0) is 36.6 Å². The number of ether oxygens (including phenoxy) is 2. The summed E-state index contributed by atoms with van der Waals surface area (Å²) in [7, 11) is 1.62. The van der Waals surface area contributed by atoms with E-state index in [1.165, 1.54) is 10.7 Å². The van der Waals surface area contributed by atoms with Gasteiger partial charge >= 0.3 is 12.6 Å². The van der Waals surface area contributed by atoms with Crippen LogP contribution in [0.5, 0.6) is 5.75 Å². The van der Waals surface area contributed by atoms with E-state index in [9.17, 15) is 23.2 Å². The number of hydrogen-bond donors (Lipinski definition) is 1. The Balaban J connectivity index is 1.29. The molecule has 1 aliphatic rings. The monoisotopic (exact) mass is 637 g/mol. The number of halogens is 2. The summed E-state index contributed by atoms with van der Waals surface area (Å²) in [6.07, 6.45) is 3.39. The molecule has 0 radical (unpaired) electrons. The van der Waals surface area contributed by atoms with E-state index in [0.717, 1.165) is 11.1 Å². The van der Waals surface area contributed by atoms with E-state index < -0.39 is 18.6 Å². The zero-order valence-corrected chi connectivity index (χ0v) is 26.1. The van der Waals surface area contributed by atoms with E-state index in [1.54, 1.807) is 53.3 Å². The van der Waals surface area contributed by atoms with E-state index in [2.05, 4.69) is 9.97 Å². The van der Waals surface area contributed by atoms with Gasteiger partial charge in [-0.1, -0.05) is 38.1 Å². The maximum Gasteiger partial charge on any atom is 0.387 e. The van der Waals surface area contributed by atoms with E-state index >= 15 is 0 Å². The molecule has 2 atom stereocenters. The molecular formula is C32H37F2N7O5. The number of aromatic nitrogens is 4. The zero-order chi connectivity index (χ0) is 33.1. The maximum absolute atomic E-state index is 13.0. The Morgan fingerprint density at radius 2 is 1.78 bits per heavy atom. The molecule has 1 aliphatic heterocycles. The minimum Gasteiger partial charge on any atom is -0.454 e. The lowest BCUT2D eigenvalue weighted by atomic mass is 10.1. The zero-order valence-electron chi connectivity index (χ0n) is 26.1. The first-order valence-corrected chi connectivity index (χ1v) is 15.0. The number of nitrogens with zero attached hydrogens (tertiary/aromatic N) is 6. The summed E-state index contributed by atoms with van der Waals surface area (Å²) in [6.45, 7) is 3.73. The number of fused-ring (bicyclic) bond motifs is 1. The summed E-state index contributed by atoms with van der Waals surface area (Å²) >= 11 is 0. The molecule has 0 unspecified atom stereocenters. The molecule has 14 heteroatoms. The molecule has 0 saturated carbocycles. The predicted molar refractivity (Wildman–Crippen MR) is 168 cm³/mol. The Bertz CT molecular complexity index is 1770. The van der Waals surface area contributed by atoms with Crippen LogP contribution in [-0.4, -0.2) is 81.0 Å². The Kier molecular flexibility index (Phi) is 9.65. The van der Waals surface area contributed by atoms with Crippen LogP contribution in [0.25, 0.3) is 22.0 Å². The third-order valence-electron chi connectivity index (χ3n) is 8.20. The number of esters is 1. The highest BCUT2D eigenvalue weighted by molar-refractivity contribution is 5.85. The van der Waals surface area contributed by atoms with Crippen LogP contribution in [0.4, 0.5) is 14.7 Å². The Hall–Kier alpha value is -4.85. The highest BCUT2D eigenvalue weighted by atomic mass is 19.3. The molecule has 1 saturated heterocycles. The molecule has 12 nitrogen and oxygen atoms in total. The highest BCUT2D eigenvalue weighted by Gasteiger charge is 2.30. The SMILES string of the molecule is CC(C)[C@@H](N)C(=O)OCC(=O)N1CCN(c2ncc(-c3ccc4c(=O)n(C)n(Cc5ccccc5OC(F)F)c4c3)cn2)C[C@H]1C. The van der Waals surface area contributed by atoms with Crippen molar-refractivity contribution in [2.24, 2.45) is 18.7 Å². The first kappa shape index (κ1) is 32.5. The van der Waals surface area contributed by atoms with Crippen LogP contribution in [0.2, 0.25) is 0 Å². The standard InChI is InChI=1S/C32H37F2N7O5/c1-19(2)28(35)30(44)45-18-27(42)40-12-11-39(16-20(40)3)32-36-14-23(15-37-32)21-9-10-24-25(13-21)41(38(4)29(24)43)17-22-7-5-6-8-26(22)46-31(33)34/h5-10,13-15,19-20,28,31H,11-12,16-18,35H2,1-4H3/t20-,28-/m1/s1. The lowest BCUT2D eigenvalue weighted by molar-refractivity contribution is -0.154. The van der Waals surface area contributed by atoms with E-state index in [-0.39, 0.29) is 42.3 Å². The van der Waals surface area contributed by atoms with Gasteiger partial charge in [0.15, 0.2) is 6.61 Å². The van der Waals surface area contributed by atoms with Crippen molar-refractivity contribution in [1.82, 2.24) is 24.2 Å². The maximum atomic E-state index is 13.0. The molecule has 2 N–H and O–H groups in total. The summed E-state index contributed by atoms with van der Waals surface area (Å²) in [4.78, 5) is 50.6. The quantitative estimate of drug-likeness (QED) is 0.260. The second kappa shape index (κ2) is 13.6. The molecule has 0 aliphatic carbocycles. The van der Waals surface area contributed by atoms with Crippen molar-refractivity contribution in [2.45, 2.75) is 46.0 Å². The van der Waals surface area contributed by atoms with Gasteiger partial charge in [0.05, 0.1) is 17.4 Å². The number of anilines is 1. The van der Waals surface area contributed by atoms with Gasteiger partial charge in [0.2, 0.25) is 5.95 Å². The molecule has 4 aromatic rings. The minimum atomic E-state index is -2.97. The van der Waals surface area contributed by atoms with Crippen LogP contribution >= 0.6 is 0 Å².